The molecule has 1 heterocycles. The van der Waals surface area contributed by atoms with Crippen LogP contribution < -0.4 is 4.74 Å². The minimum Gasteiger partial charge on any atom is -0.423 e. The molecule has 1 aliphatic heterocycles. The molecule has 0 aromatic heterocycles. The second-order valence-corrected chi connectivity index (χ2v) is 8.55. The number of carbonyl (C=O) groups excluding carboxylic acids is 1. The first kappa shape index (κ1) is 18.6. The lowest BCUT2D eigenvalue weighted by Crippen LogP contribution is -2.36. The molecule has 3 rings (SSSR count). The summed E-state index contributed by atoms with van der Waals surface area (Å²) in [5.74, 6) is -0.134. The van der Waals surface area contributed by atoms with Crippen molar-refractivity contribution in [2.75, 3.05) is 13.1 Å². The molecule has 6 heteroatoms. The van der Waals surface area contributed by atoms with E-state index < -0.39 is 16.0 Å². The summed E-state index contributed by atoms with van der Waals surface area (Å²) < 4.78 is 32.8. The first-order valence-electron chi connectivity index (χ1n) is 8.77. The van der Waals surface area contributed by atoms with E-state index in [2.05, 4.69) is 0 Å². The number of nitrogens with zero attached hydrogens (tertiary/aromatic N) is 1. The van der Waals surface area contributed by atoms with Crippen LogP contribution in [0, 0.1) is 13.8 Å². The summed E-state index contributed by atoms with van der Waals surface area (Å²) >= 11 is 0. The third kappa shape index (κ3) is 3.97. The van der Waals surface area contributed by atoms with Crippen molar-refractivity contribution in [2.24, 2.45) is 0 Å². The van der Waals surface area contributed by atoms with Crippen molar-refractivity contribution < 1.29 is 17.9 Å². The summed E-state index contributed by atoms with van der Waals surface area (Å²) in [5.41, 5.74) is 1.92. The highest BCUT2D eigenvalue weighted by molar-refractivity contribution is 7.89. The first-order valence-corrected chi connectivity index (χ1v) is 10.2. The van der Waals surface area contributed by atoms with Crippen molar-refractivity contribution in [2.45, 2.75) is 38.0 Å². The van der Waals surface area contributed by atoms with Crippen molar-refractivity contribution in [1.29, 1.82) is 0 Å². The SMILES string of the molecule is Cc1ccc(OC(=O)c2ccc(C)c(S(=O)(=O)N3CCCCC3)c2)cc1. The topological polar surface area (TPSA) is 63.7 Å². The third-order valence-corrected chi connectivity index (χ3v) is 6.63. The van der Waals surface area contributed by atoms with Crippen molar-refractivity contribution in [3.8, 4) is 5.75 Å². The third-order valence-electron chi connectivity index (χ3n) is 4.59. The fraction of sp³-hybridized carbons (Fsp3) is 0.350. The van der Waals surface area contributed by atoms with Crippen LogP contribution in [-0.2, 0) is 10.0 Å². The van der Waals surface area contributed by atoms with Gasteiger partial charge in [0.15, 0.2) is 0 Å². The van der Waals surface area contributed by atoms with Crippen LogP contribution in [0.1, 0.15) is 40.7 Å². The van der Waals surface area contributed by atoms with Gasteiger partial charge in [0.05, 0.1) is 10.5 Å². The van der Waals surface area contributed by atoms with Crippen molar-refractivity contribution in [1.82, 2.24) is 4.31 Å². The highest BCUT2D eigenvalue weighted by atomic mass is 32.2. The van der Waals surface area contributed by atoms with E-state index >= 15 is 0 Å². The summed E-state index contributed by atoms with van der Waals surface area (Å²) in [6.07, 6.45) is 2.79. The summed E-state index contributed by atoms with van der Waals surface area (Å²) in [6, 6.07) is 11.8. The lowest BCUT2D eigenvalue weighted by Gasteiger charge is -2.26. The van der Waals surface area contributed by atoms with E-state index in [0.29, 0.717) is 24.4 Å². The fourth-order valence-corrected chi connectivity index (χ4v) is 4.79. The Morgan fingerprint density at radius 1 is 0.962 bits per heavy atom. The van der Waals surface area contributed by atoms with E-state index in [1.807, 2.05) is 19.1 Å². The van der Waals surface area contributed by atoms with Crippen molar-refractivity contribution in [3.63, 3.8) is 0 Å². The first-order chi connectivity index (χ1) is 12.4. The molecule has 5 nitrogen and oxygen atoms in total. The van der Waals surface area contributed by atoms with Gasteiger partial charge in [-0.25, -0.2) is 13.2 Å². The van der Waals surface area contributed by atoms with Gasteiger partial charge < -0.3 is 4.74 Å². The molecule has 0 radical (unpaired) electrons. The van der Waals surface area contributed by atoms with Crippen molar-refractivity contribution in [3.05, 3.63) is 59.2 Å². The van der Waals surface area contributed by atoms with Gasteiger partial charge in [-0.05, 0) is 56.5 Å². The maximum absolute atomic E-state index is 13.0. The highest BCUT2D eigenvalue weighted by Crippen LogP contribution is 2.25. The number of benzene rings is 2. The predicted octanol–water partition coefficient (Wildman–Crippen LogP) is 3.70. The van der Waals surface area contributed by atoms with E-state index in [9.17, 15) is 13.2 Å². The molecule has 0 spiro atoms. The molecular formula is C20H23NO4S. The zero-order chi connectivity index (χ0) is 18.7. The van der Waals surface area contributed by atoms with Gasteiger partial charge >= 0.3 is 5.97 Å². The molecule has 1 fully saturated rings. The van der Waals surface area contributed by atoms with Crippen LogP contribution in [0.3, 0.4) is 0 Å². The number of ether oxygens (including phenoxy) is 1. The molecular weight excluding hydrogens is 350 g/mol. The number of esters is 1. The maximum atomic E-state index is 13.0. The number of aryl methyl sites for hydroxylation is 2. The Hall–Kier alpha value is -2.18. The number of carbonyl (C=O) groups is 1. The normalized spacial score (nSPS) is 15.6. The molecule has 0 saturated carbocycles. The molecule has 0 atom stereocenters. The van der Waals surface area contributed by atoms with Gasteiger partial charge in [-0.1, -0.05) is 30.2 Å². The molecule has 138 valence electrons. The van der Waals surface area contributed by atoms with Crippen LogP contribution in [0.2, 0.25) is 0 Å². The van der Waals surface area contributed by atoms with Crippen molar-refractivity contribution >= 4 is 16.0 Å². The van der Waals surface area contributed by atoms with Crippen LogP contribution in [0.4, 0.5) is 0 Å². The van der Waals surface area contributed by atoms with Crippen LogP contribution in [0.25, 0.3) is 0 Å². The van der Waals surface area contributed by atoms with E-state index in [1.165, 1.54) is 10.4 Å². The molecule has 26 heavy (non-hydrogen) atoms. The molecule has 2 aromatic carbocycles. The number of rotatable bonds is 4. The Balaban J connectivity index is 1.87. The van der Waals surface area contributed by atoms with E-state index in [4.69, 9.17) is 4.74 Å². The quantitative estimate of drug-likeness (QED) is 0.606. The van der Waals surface area contributed by atoms with E-state index in [-0.39, 0.29) is 10.5 Å². The van der Waals surface area contributed by atoms with E-state index in [1.54, 1.807) is 31.2 Å². The molecule has 2 aromatic rings. The van der Waals surface area contributed by atoms with E-state index in [0.717, 1.165) is 24.8 Å². The Morgan fingerprint density at radius 3 is 2.27 bits per heavy atom. The standard InChI is InChI=1S/C20H23NO4S/c1-15-6-10-18(11-7-15)25-20(22)17-9-8-16(2)19(14-17)26(23,24)21-12-4-3-5-13-21/h6-11,14H,3-5,12-13H2,1-2H3. The van der Waals surface area contributed by atoms with Gasteiger partial charge in [0.1, 0.15) is 5.75 Å². The second-order valence-electron chi connectivity index (χ2n) is 6.65. The Labute approximate surface area is 154 Å². The van der Waals surface area contributed by atoms with Gasteiger partial charge in [-0.3, -0.25) is 0 Å². The van der Waals surface area contributed by atoms with Crippen LogP contribution >= 0.6 is 0 Å². The summed E-state index contributed by atoms with van der Waals surface area (Å²) in [5, 5.41) is 0. The van der Waals surface area contributed by atoms with Gasteiger partial charge in [0.2, 0.25) is 10.0 Å². The summed E-state index contributed by atoms with van der Waals surface area (Å²) in [6.45, 7) is 4.74. The molecule has 0 bridgehead atoms. The van der Waals surface area contributed by atoms with Gasteiger partial charge in [0.25, 0.3) is 0 Å². The largest absolute Gasteiger partial charge is 0.423 e. The molecule has 1 saturated heterocycles. The second kappa shape index (κ2) is 7.60. The van der Waals surface area contributed by atoms with Crippen LogP contribution in [-0.4, -0.2) is 31.8 Å². The Kier molecular flexibility index (Phi) is 5.44. The average Bonchev–Trinajstić information content (AvgIpc) is 2.64. The minimum atomic E-state index is -3.60. The monoisotopic (exact) mass is 373 g/mol. The Morgan fingerprint density at radius 2 is 1.62 bits per heavy atom. The van der Waals surface area contributed by atoms with Crippen LogP contribution in [0.5, 0.6) is 5.75 Å². The summed E-state index contributed by atoms with van der Waals surface area (Å²) in [7, 11) is -3.60. The molecule has 0 amide bonds. The average molecular weight is 373 g/mol. The highest BCUT2D eigenvalue weighted by Gasteiger charge is 2.28. The van der Waals surface area contributed by atoms with Gasteiger partial charge in [0, 0.05) is 13.1 Å². The molecule has 1 aliphatic rings. The lowest BCUT2D eigenvalue weighted by molar-refractivity contribution is 0.0734. The van der Waals surface area contributed by atoms with Gasteiger partial charge in [-0.15, -0.1) is 0 Å². The molecule has 0 aliphatic carbocycles. The minimum absolute atomic E-state index is 0.178. The Bertz CT molecular complexity index is 898. The molecule has 0 unspecified atom stereocenters. The summed E-state index contributed by atoms with van der Waals surface area (Å²) in [4.78, 5) is 12.6. The smallest absolute Gasteiger partial charge is 0.343 e. The fourth-order valence-electron chi connectivity index (χ4n) is 3.02. The number of hydrogen-bond donors (Lipinski definition) is 0. The van der Waals surface area contributed by atoms with Gasteiger partial charge in [-0.2, -0.15) is 4.31 Å². The number of piperidine rings is 1. The molecule has 0 N–H and O–H groups in total. The lowest BCUT2D eigenvalue weighted by atomic mass is 10.1. The predicted molar refractivity (Wildman–Crippen MR) is 99.9 cm³/mol. The zero-order valence-corrected chi connectivity index (χ0v) is 15.9. The van der Waals surface area contributed by atoms with Crippen LogP contribution in [0.15, 0.2) is 47.4 Å². The number of sulfonamides is 1. The maximum Gasteiger partial charge on any atom is 0.343 e. The zero-order valence-electron chi connectivity index (χ0n) is 15.1. The number of hydrogen-bond acceptors (Lipinski definition) is 4.